The number of sulfonamides is 1. The Balaban J connectivity index is 1.96. The summed E-state index contributed by atoms with van der Waals surface area (Å²) in [6.07, 6.45) is 6.74. The van der Waals surface area contributed by atoms with E-state index in [-0.39, 0.29) is 22.1 Å². The largest absolute Gasteiger partial charge is 0.493 e. The van der Waals surface area contributed by atoms with Crippen molar-refractivity contribution in [2.75, 3.05) is 26.1 Å². The van der Waals surface area contributed by atoms with Crippen LogP contribution in [0.2, 0.25) is 0 Å². The molecule has 31 heavy (non-hydrogen) atoms. The number of nitrogens with one attached hydrogen (secondary N) is 1. The van der Waals surface area contributed by atoms with Gasteiger partial charge in [-0.05, 0) is 35.9 Å². The van der Waals surface area contributed by atoms with Gasteiger partial charge in [0.25, 0.3) is 10.0 Å². The van der Waals surface area contributed by atoms with E-state index in [9.17, 15) is 13.2 Å². The molecule has 0 unspecified atom stereocenters. The van der Waals surface area contributed by atoms with Gasteiger partial charge in [-0.2, -0.15) is 5.10 Å². The van der Waals surface area contributed by atoms with E-state index >= 15 is 0 Å². The van der Waals surface area contributed by atoms with E-state index in [1.54, 1.807) is 6.07 Å². The van der Waals surface area contributed by atoms with E-state index in [1.807, 2.05) is 0 Å². The Kier molecular flexibility index (Phi) is 6.50. The van der Waals surface area contributed by atoms with Crippen LogP contribution in [0.15, 0.2) is 54.1 Å². The summed E-state index contributed by atoms with van der Waals surface area (Å²) in [5.41, 5.74) is 0.614. The molecule has 162 valence electrons. The third-order valence-corrected chi connectivity index (χ3v) is 5.41. The van der Waals surface area contributed by atoms with Gasteiger partial charge >= 0.3 is 5.97 Å². The second-order valence-electron chi connectivity index (χ2n) is 5.96. The number of hydrogen-bond donors (Lipinski definition) is 1. The minimum absolute atomic E-state index is 0.0115. The molecule has 0 amide bonds. The standard InChI is InChI=1S/C19H19N5O6S/c1-28-15-8-13(4-7-18(25)29-2)9-16(19(15)30-3)31(26,27)23-14-5-6-17(21-10-14)24-12-20-11-22-24/h4-12,23H,1-3H3/b7-4+. The van der Waals surface area contributed by atoms with Gasteiger partial charge in [0.15, 0.2) is 17.3 Å². The van der Waals surface area contributed by atoms with Gasteiger partial charge in [-0.25, -0.2) is 27.9 Å². The number of carbonyl (C=O) groups excluding carboxylic acids is 1. The summed E-state index contributed by atoms with van der Waals surface area (Å²) in [7, 11) is -0.157. The second kappa shape index (κ2) is 9.26. The molecule has 2 heterocycles. The normalized spacial score (nSPS) is 11.3. The predicted octanol–water partition coefficient (Wildman–Crippen LogP) is 1.67. The highest BCUT2D eigenvalue weighted by atomic mass is 32.2. The van der Waals surface area contributed by atoms with Crippen molar-refractivity contribution in [2.24, 2.45) is 0 Å². The highest BCUT2D eigenvalue weighted by molar-refractivity contribution is 7.92. The lowest BCUT2D eigenvalue weighted by Gasteiger charge is -2.15. The summed E-state index contributed by atoms with van der Waals surface area (Å²) in [6.45, 7) is 0. The van der Waals surface area contributed by atoms with Crippen molar-refractivity contribution in [3.63, 3.8) is 0 Å². The van der Waals surface area contributed by atoms with Crippen LogP contribution in [0.5, 0.6) is 11.5 Å². The summed E-state index contributed by atoms with van der Waals surface area (Å²) < 4.78 is 45.1. The number of nitrogens with zero attached hydrogens (tertiary/aromatic N) is 4. The molecule has 2 aromatic heterocycles. The molecule has 0 saturated heterocycles. The van der Waals surface area contributed by atoms with Gasteiger partial charge in [-0.1, -0.05) is 0 Å². The van der Waals surface area contributed by atoms with E-state index in [0.29, 0.717) is 11.4 Å². The Morgan fingerprint density at radius 2 is 1.97 bits per heavy atom. The number of hydrogen-bond acceptors (Lipinski definition) is 9. The number of anilines is 1. The maximum atomic E-state index is 13.1. The first-order valence-corrected chi connectivity index (χ1v) is 10.2. The molecule has 3 rings (SSSR count). The van der Waals surface area contributed by atoms with Crippen LogP contribution in [0, 0.1) is 0 Å². The number of rotatable bonds is 8. The third-order valence-electron chi connectivity index (χ3n) is 4.02. The SMILES string of the molecule is COC(=O)/C=C/c1cc(OC)c(OC)c(S(=O)(=O)Nc2ccc(-n3cncn3)nc2)c1. The van der Waals surface area contributed by atoms with Crippen LogP contribution in [-0.2, 0) is 19.6 Å². The molecule has 0 fully saturated rings. The fourth-order valence-electron chi connectivity index (χ4n) is 2.60. The summed E-state index contributed by atoms with van der Waals surface area (Å²) in [5, 5.41) is 3.96. The van der Waals surface area contributed by atoms with Crippen molar-refractivity contribution >= 4 is 27.8 Å². The Bertz CT molecular complexity index is 1190. The van der Waals surface area contributed by atoms with Gasteiger partial charge in [0.2, 0.25) is 0 Å². The zero-order valence-corrected chi connectivity index (χ0v) is 17.7. The van der Waals surface area contributed by atoms with E-state index in [2.05, 4.69) is 24.5 Å². The highest BCUT2D eigenvalue weighted by Gasteiger charge is 2.24. The number of methoxy groups -OCH3 is 3. The number of aromatic nitrogens is 4. The Labute approximate surface area is 178 Å². The molecule has 1 aromatic carbocycles. The van der Waals surface area contributed by atoms with Gasteiger partial charge in [0.05, 0.1) is 33.2 Å². The van der Waals surface area contributed by atoms with Crippen LogP contribution in [0.3, 0.4) is 0 Å². The monoisotopic (exact) mass is 445 g/mol. The van der Waals surface area contributed by atoms with Crippen LogP contribution in [0.25, 0.3) is 11.9 Å². The number of pyridine rings is 1. The zero-order valence-electron chi connectivity index (χ0n) is 16.8. The van der Waals surface area contributed by atoms with Crippen LogP contribution in [0.1, 0.15) is 5.56 Å². The fourth-order valence-corrected chi connectivity index (χ4v) is 3.86. The van der Waals surface area contributed by atoms with Gasteiger partial charge < -0.3 is 14.2 Å². The lowest BCUT2D eigenvalue weighted by atomic mass is 10.2. The molecule has 0 atom stereocenters. The molecule has 0 saturated carbocycles. The summed E-state index contributed by atoms with van der Waals surface area (Å²) >= 11 is 0. The van der Waals surface area contributed by atoms with E-state index < -0.39 is 16.0 Å². The molecule has 0 spiro atoms. The van der Waals surface area contributed by atoms with Crippen molar-refractivity contribution in [2.45, 2.75) is 4.90 Å². The molecule has 0 aliphatic carbocycles. The third kappa shape index (κ3) is 4.98. The van der Waals surface area contributed by atoms with E-state index in [0.717, 1.165) is 6.08 Å². The molecule has 11 nitrogen and oxygen atoms in total. The predicted molar refractivity (Wildman–Crippen MR) is 111 cm³/mol. The van der Waals surface area contributed by atoms with Crippen molar-refractivity contribution in [1.82, 2.24) is 19.7 Å². The van der Waals surface area contributed by atoms with Crippen LogP contribution in [0.4, 0.5) is 5.69 Å². The van der Waals surface area contributed by atoms with Crippen molar-refractivity contribution < 1.29 is 27.4 Å². The number of benzene rings is 1. The van der Waals surface area contributed by atoms with Gasteiger partial charge in [0.1, 0.15) is 17.6 Å². The number of ether oxygens (including phenoxy) is 3. The first-order chi connectivity index (χ1) is 14.9. The molecule has 0 bridgehead atoms. The molecule has 0 radical (unpaired) electrons. The van der Waals surface area contributed by atoms with Crippen molar-refractivity contribution in [3.8, 4) is 17.3 Å². The minimum atomic E-state index is -4.10. The maximum absolute atomic E-state index is 13.1. The fraction of sp³-hybridized carbons (Fsp3) is 0.158. The number of esters is 1. The van der Waals surface area contributed by atoms with Gasteiger partial charge in [0, 0.05) is 6.08 Å². The quantitative estimate of drug-likeness (QED) is 0.406. The first kappa shape index (κ1) is 21.8. The van der Waals surface area contributed by atoms with Gasteiger partial charge in [-0.3, -0.25) is 4.72 Å². The number of carbonyl (C=O) groups is 1. The molecule has 1 N–H and O–H groups in total. The first-order valence-electron chi connectivity index (χ1n) is 8.74. The van der Waals surface area contributed by atoms with Crippen molar-refractivity contribution in [1.29, 1.82) is 0 Å². The average Bonchev–Trinajstić information content (AvgIpc) is 3.31. The highest BCUT2D eigenvalue weighted by Crippen LogP contribution is 2.36. The van der Waals surface area contributed by atoms with E-state index in [1.165, 1.54) is 69.1 Å². The Morgan fingerprint density at radius 3 is 2.55 bits per heavy atom. The van der Waals surface area contributed by atoms with Crippen LogP contribution in [-0.4, -0.2) is 55.5 Å². The second-order valence-corrected chi connectivity index (χ2v) is 7.61. The van der Waals surface area contributed by atoms with Crippen LogP contribution >= 0.6 is 0 Å². The molecule has 0 aliphatic rings. The van der Waals surface area contributed by atoms with Gasteiger partial charge in [-0.15, -0.1) is 0 Å². The van der Waals surface area contributed by atoms with E-state index in [4.69, 9.17) is 9.47 Å². The Hall–Kier alpha value is -3.93. The molecular formula is C19H19N5O6S. The zero-order chi connectivity index (χ0) is 22.4. The minimum Gasteiger partial charge on any atom is -0.493 e. The molecule has 0 aliphatic heterocycles. The summed E-state index contributed by atoms with van der Waals surface area (Å²) in [5.74, 6) is 0.0671. The molecular weight excluding hydrogens is 426 g/mol. The maximum Gasteiger partial charge on any atom is 0.330 e. The average molecular weight is 445 g/mol. The molecule has 12 heteroatoms. The topological polar surface area (TPSA) is 135 Å². The lowest BCUT2D eigenvalue weighted by Crippen LogP contribution is -2.15. The smallest absolute Gasteiger partial charge is 0.330 e. The lowest BCUT2D eigenvalue weighted by molar-refractivity contribution is -0.134. The summed E-state index contributed by atoms with van der Waals surface area (Å²) in [4.78, 5) is 19.2. The summed E-state index contributed by atoms with van der Waals surface area (Å²) in [6, 6.07) is 6.00. The van der Waals surface area contributed by atoms with Crippen molar-refractivity contribution in [3.05, 3.63) is 54.8 Å². The Morgan fingerprint density at radius 1 is 1.16 bits per heavy atom. The molecule has 3 aromatic rings. The van der Waals surface area contributed by atoms with Crippen LogP contribution < -0.4 is 14.2 Å².